The number of rotatable bonds is 7. The van der Waals surface area contributed by atoms with Crippen LogP contribution < -0.4 is 5.32 Å². The van der Waals surface area contributed by atoms with Crippen molar-refractivity contribution in [2.45, 2.75) is 32.8 Å². The first-order valence-corrected chi connectivity index (χ1v) is 5.98. The lowest BCUT2D eigenvalue weighted by molar-refractivity contribution is -0.384. The summed E-state index contributed by atoms with van der Waals surface area (Å²) in [7, 11) is 3.30. The molecule has 1 rings (SSSR count). The van der Waals surface area contributed by atoms with Gasteiger partial charge in [-0.25, -0.2) is 4.68 Å². The number of ether oxygens (including phenoxy) is 1. The molecule has 18 heavy (non-hydrogen) atoms. The van der Waals surface area contributed by atoms with E-state index in [1.54, 1.807) is 14.2 Å². The molecule has 0 aliphatic rings. The number of nitrogens with zero attached hydrogens (tertiary/aromatic N) is 3. The smallest absolute Gasteiger partial charge is 0.333 e. The fraction of sp³-hybridized carbons (Fsp3) is 0.727. The predicted molar refractivity (Wildman–Crippen MR) is 68.8 cm³/mol. The van der Waals surface area contributed by atoms with Crippen molar-refractivity contribution in [1.29, 1.82) is 0 Å². The average molecular weight is 256 g/mol. The number of methoxy groups -OCH3 is 1. The molecule has 0 saturated carbocycles. The number of hydrogen-bond donors (Lipinski definition) is 1. The minimum atomic E-state index is -0.377. The Morgan fingerprint density at radius 2 is 2.28 bits per heavy atom. The zero-order valence-electron chi connectivity index (χ0n) is 11.3. The average Bonchev–Trinajstić information content (AvgIpc) is 2.63. The summed E-state index contributed by atoms with van der Waals surface area (Å²) in [5.74, 6) is 0.437. The van der Waals surface area contributed by atoms with E-state index in [0.717, 1.165) is 6.42 Å². The molecule has 7 heteroatoms. The van der Waals surface area contributed by atoms with E-state index in [2.05, 4.69) is 10.4 Å². The molecule has 1 N–H and O–H groups in total. The molecule has 0 spiro atoms. The van der Waals surface area contributed by atoms with Crippen molar-refractivity contribution in [1.82, 2.24) is 9.78 Å². The van der Waals surface area contributed by atoms with Crippen LogP contribution in [-0.4, -0.2) is 34.5 Å². The van der Waals surface area contributed by atoms with Crippen LogP contribution in [0.5, 0.6) is 0 Å². The van der Waals surface area contributed by atoms with Crippen LogP contribution in [0.25, 0.3) is 0 Å². The summed E-state index contributed by atoms with van der Waals surface area (Å²) in [4.78, 5) is 10.7. The van der Waals surface area contributed by atoms with Crippen LogP contribution in [0, 0.1) is 10.1 Å². The van der Waals surface area contributed by atoms with Gasteiger partial charge in [0, 0.05) is 20.7 Å². The molecule has 1 heterocycles. The molecule has 0 aliphatic carbocycles. The van der Waals surface area contributed by atoms with Crippen molar-refractivity contribution in [2.75, 3.05) is 19.0 Å². The van der Waals surface area contributed by atoms with Gasteiger partial charge in [-0.05, 0) is 13.3 Å². The molecule has 0 aliphatic heterocycles. The van der Waals surface area contributed by atoms with Gasteiger partial charge in [-0.15, -0.1) is 0 Å². The Kier molecular flexibility index (Phi) is 5.08. The highest BCUT2D eigenvalue weighted by molar-refractivity contribution is 5.59. The Bertz CT molecular complexity index is 417. The van der Waals surface area contributed by atoms with Crippen LogP contribution in [0.15, 0.2) is 0 Å². The van der Waals surface area contributed by atoms with Crippen molar-refractivity contribution in [2.24, 2.45) is 7.05 Å². The van der Waals surface area contributed by atoms with Crippen LogP contribution in [-0.2, 0) is 18.2 Å². The van der Waals surface area contributed by atoms with Crippen molar-refractivity contribution in [3.8, 4) is 0 Å². The summed E-state index contributed by atoms with van der Waals surface area (Å²) in [6.45, 7) is 4.36. The summed E-state index contributed by atoms with van der Waals surface area (Å²) in [5.41, 5.74) is 0.597. The topological polar surface area (TPSA) is 82.2 Å². The monoisotopic (exact) mass is 256 g/mol. The fourth-order valence-corrected chi connectivity index (χ4v) is 1.69. The van der Waals surface area contributed by atoms with Crippen molar-refractivity contribution >= 4 is 11.5 Å². The van der Waals surface area contributed by atoms with Gasteiger partial charge in [0.15, 0.2) is 0 Å². The Hall–Kier alpha value is -1.63. The summed E-state index contributed by atoms with van der Waals surface area (Å²) in [5, 5.41) is 18.3. The van der Waals surface area contributed by atoms with Gasteiger partial charge < -0.3 is 10.1 Å². The molecule has 0 bridgehead atoms. The first-order chi connectivity index (χ1) is 8.51. The van der Waals surface area contributed by atoms with Crippen LogP contribution in [0.4, 0.5) is 11.5 Å². The first kappa shape index (κ1) is 14.4. The van der Waals surface area contributed by atoms with Gasteiger partial charge in [0.05, 0.1) is 11.0 Å². The standard InChI is InChI=1S/C11H20N4O3/c1-5-6-9-10(15(16)17)11(14(3)13-9)12-7-8(2)18-4/h8,12H,5-7H2,1-4H3. The minimum Gasteiger partial charge on any atom is -0.380 e. The van der Waals surface area contributed by atoms with E-state index in [4.69, 9.17) is 4.74 Å². The second kappa shape index (κ2) is 6.34. The zero-order valence-corrected chi connectivity index (χ0v) is 11.3. The molecular weight excluding hydrogens is 236 g/mol. The molecule has 0 aromatic carbocycles. The highest BCUT2D eigenvalue weighted by atomic mass is 16.6. The molecule has 1 atom stereocenters. The van der Waals surface area contributed by atoms with Gasteiger partial charge in [0.2, 0.25) is 5.82 Å². The Balaban J connectivity index is 2.98. The molecule has 1 aromatic rings. The number of aryl methyl sites for hydroxylation is 2. The first-order valence-electron chi connectivity index (χ1n) is 5.98. The van der Waals surface area contributed by atoms with E-state index in [1.807, 2.05) is 13.8 Å². The SMILES string of the molecule is CCCc1nn(C)c(NCC(C)OC)c1[N+](=O)[O-]. The van der Waals surface area contributed by atoms with E-state index < -0.39 is 0 Å². The normalized spacial score (nSPS) is 12.4. The van der Waals surface area contributed by atoms with Crippen molar-refractivity contribution in [3.63, 3.8) is 0 Å². The number of nitro groups is 1. The molecule has 1 aromatic heterocycles. The summed E-state index contributed by atoms with van der Waals surface area (Å²) < 4.78 is 6.62. The molecular formula is C11H20N4O3. The maximum Gasteiger partial charge on any atom is 0.333 e. The third-order valence-corrected chi connectivity index (χ3v) is 2.72. The van der Waals surface area contributed by atoms with E-state index in [1.165, 1.54) is 4.68 Å². The van der Waals surface area contributed by atoms with Gasteiger partial charge in [0.1, 0.15) is 5.69 Å². The van der Waals surface area contributed by atoms with Gasteiger partial charge in [0.25, 0.3) is 0 Å². The fourth-order valence-electron chi connectivity index (χ4n) is 1.69. The third-order valence-electron chi connectivity index (χ3n) is 2.72. The molecule has 1 unspecified atom stereocenters. The van der Waals surface area contributed by atoms with E-state index in [0.29, 0.717) is 24.5 Å². The van der Waals surface area contributed by atoms with Gasteiger partial charge in [-0.3, -0.25) is 10.1 Å². The highest BCUT2D eigenvalue weighted by Gasteiger charge is 2.26. The minimum absolute atomic E-state index is 0.0193. The van der Waals surface area contributed by atoms with Gasteiger partial charge in [-0.1, -0.05) is 13.3 Å². The molecule has 0 radical (unpaired) electrons. The molecule has 7 nitrogen and oxygen atoms in total. The highest BCUT2D eigenvalue weighted by Crippen LogP contribution is 2.28. The van der Waals surface area contributed by atoms with Gasteiger partial charge in [-0.2, -0.15) is 5.10 Å². The van der Waals surface area contributed by atoms with Crippen LogP contribution >= 0.6 is 0 Å². The predicted octanol–water partition coefficient (Wildman–Crippen LogP) is 1.73. The number of anilines is 1. The largest absolute Gasteiger partial charge is 0.380 e. The lowest BCUT2D eigenvalue weighted by Crippen LogP contribution is -2.20. The lowest BCUT2D eigenvalue weighted by Gasteiger charge is -2.11. The number of hydrogen-bond acceptors (Lipinski definition) is 5. The summed E-state index contributed by atoms with van der Waals surface area (Å²) in [6.07, 6.45) is 1.41. The molecule has 102 valence electrons. The van der Waals surface area contributed by atoms with Crippen molar-refractivity contribution in [3.05, 3.63) is 15.8 Å². The van der Waals surface area contributed by atoms with E-state index in [9.17, 15) is 10.1 Å². The second-order valence-electron chi connectivity index (χ2n) is 4.20. The van der Waals surface area contributed by atoms with Crippen molar-refractivity contribution < 1.29 is 9.66 Å². The summed E-state index contributed by atoms with van der Waals surface area (Å²) in [6, 6.07) is 0. The quantitative estimate of drug-likeness (QED) is 0.593. The second-order valence-corrected chi connectivity index (χ2v) is 4.20. The number of aromatic nitrogens is 2. The Labute approximate surface area is 106 Å². The van der Waals surface area contributed by atoms with Crippen LogP contribution in [0.1, 0.15) is 26.0 Å². The van der Waals surface area contributed by atoms with E-state index >= 15 is 0 Å². The van der Waals surface area contributed by atoms with E-state index in [-0.39, 0.29) is 16.7 Å². The van der Waals surface area contributed by atoms with Gasteiger partial charge >= 0.3 is 5.69 Å². The van der Waals surface area contributed by atoms with Crippen LogP contribution in [0.2, 0.25) is 0 Å². The molecule has 0 amide bonds. The molecule has 0 saturated heterocycles. The summed E-state index contributed by atoms with van der Waals surface area (Å²) >= 11 is 0. The maximum atomic E-state index is 11.1. The Morgan fingerprint density at radius 3 is 2.78 bits per heavy atom. The van der Waals surface area contributed by atoms with Crippen LogP contribution in [0.3, 0.4) is 0 Å². The zero-order chi connectivity index (χ0) is 13.7. The third kappa shape index (κ3) is 3.19. The maximum absolute atomic E-state index is 11.1. The number of nitrogens with one attached hydrogen (secondary N) is 1. The molecule has 0 fully saturated rings. The lowest BCUT2D eigenvalue weighted by atomic mass is 10.2. The Morgan fingerprint density at radius 1 is 1.61 bits per heavy atom.